The number of carbonyl (C=O) groups is 2. The van der Waals surface area contributed by atoms with Crippen LogP contribution in [-0.2, 0) is 5.54 Å². The van der Waals surface area contributed by atoms with Crippen LogP contribution in [0.25, 0.3) is 44.3 Å². The second kappa shape index (κ2) is 11.1. The van der Waals surface area contributed by atoms with E-state index in [0.29, 0.717) is 35.3 Å². The van der Waals surface area contributed by atoms with Crippen molar-refractivity contribution >= 4 is 33.7 Å². The Kier molecular flexibility index (Phi) is 7.00. The number of ether oxygens (including phenoxy) is 1. The van der Waals surface area contributed by atoms with Gasteiger partial charge in [0.25, 0.3) is 11.8 Å². The van der Waals surface area contributed by atoms with E-state index in [1.807, 2.05) is 18.2 Å². The zero-order chi connectivity index (χ0) is 32.2. The number of aryl methyl sites for hydroxylation is 1. The van der Waals surface area contributed by atoms with Gasteiger partial charge in [-0.2, -0.15) is 0 Å². The predicted molar refractivity (Wildman–Crippen MR) is 170 cm³/mol. The lowest BCUT2D eigenvalue weighted by Crippen LogP contribution is -2.35. The maximum atomic E-state index is 16.6. The minimum atomic E-state index is -0.693. The van der Waals surface area contributed by atoms with Gasteiger partial charge in [-0.25, -0.2) is 8.78 Å². The van der Waals surface area contributed by atoms with Gasteiger partial charge in [-0.3, -0.25) is 19.6 Å². The van der Waals surface area contributed by atoms with Crippen LogP contribution in [0.3, 0.4) is 0 Å². The molecule has 3 heterocycles. The summed E-state index contributed by atoms with van der Waals surface area (Å²) < 4.78 is 41.8. The Morgan fingerprint density at radius 1 is 0.957 bits per heavy atom. The van der Waals surface area contributed by atoms with Crippen molar-refractivity contribution in [3.8, 4) is 28.2 Å². The summed E-state index contributed by atoms with van der Waals surface area (Å²) in [6.45, 7) is 1.79. The molecule has 8 nitrogen and oxygen atoms in total. The molecule has 7 rings (SSSR count). The van der Waals surface area contributed by atoms with E-state index in [-0.39, 0.29) is 39.3 Å². The lowest BCUT2D eigenvalue weighted by atomic mass is 9.94. The highest BCUT2D eigenvalue weighted by Crippen LogP contribution is 2.46. The number of aromatic nitrogens is 2. The smallest absolute Gasteiger partial charge is 0.255 e. The predicted octanol–water partition coefficient (Wildman–Crippen LogP) is 7.08. The van der Waals surface area contributed by atoms with Crippen LogP contribution < -0.4 is 15.4 Å². The average molecular weight is 619 g/mol. The topological polar surface area (TPSA) is 106 Å². The highest BCUT2D eigenvalue weighted by atomic mass is 19.1. The molecule has 10 heteroatoms. The molecule has 1 aliphatic rings. The van der Waals surface area contributed by atoms with E-state index in [0.717, 1.165) is 16.6 Å². The number of rotatable bonds is 7. The molecule has 0 unspecified atom stereocenters. The largest absolute Gasteiger partial charge is 0.496 e. The first-order chi connectivity index (χ1) is 22.2. The monoisotopic (exact) mass is 618 g/mol. The fourth-order valence-corrected chi connectivity index (χ4v) is 5.91. The van der Waals surface area contributed by atoms with Gasteiger partial charge in [0.2, 0.25) is 0 Å². The zero-order valence-electron chi connectivity index (χ0n) is 25.2. The standard InChI is InChI=1S/C36H28F2N4O4/c1-19-16-28(45-3)25(34(43)42-36(13-14-36)29-11-6-21-18-40-15-12-26(21)41-29)17-24(19)23-9-10-27-30(32(23)38)31(35(44)39-2)33(46-27)20-4-7-22(37)8-5-20/h4-12,15-18H,13-14H2,1-3H3,(H,39,44)(H,42,43). The molecular formula is C36H28F2N4O4. The summed E-state index contributed by atoms with van der Waals surface area (Å²) in [4.78, 5) is 35.9. The van der Waals surface area contributed by atoms with Crippen molar-refractivity contribution < 1.29 is 27.5 Å². The first-order valence-corrected chi connectivity index (χ1v) is 14.7. The molecular weight excluding hydrogens is 590 g/mol. The van der Waals surface area contributed by atoms with Crippen molar-refractivity contribution in [1.29, 1.82) is 0 Å². The number of hydrogen-bond donors (Lipinski definition) is 2. The molecule has 0 bridgehead atoms. The highest BCUT2D eigenvalue weighted by molar-refractivity contribution is 6.12. The molecule has 1 aliphatic carbocycles. The maximum Gasteiger partial charge on any atom is 0.255 e. The fourth-order valence-electron chi connectivity index (χ4n) is 5.91. The summed E-state index contributed by atoms with van der Waals surface area (Å²) in [5, 5.41) is 6.59. The molecule has 2 amide bonds. The normalized spacial score (nSPS) is 13.5. The van der Waals surface area contributed by atoms with E-state index in [4.69, 9.17) is 14.1 Å². The summed E-state index contributed by atoms with van der Waals surface area (Å²) in [6.07, 6.45) is 4.85. The summed E-state index contributed by atoms with van der Waals surface area (Å²) in [5.74, 6) is -1.65. The molecule has 3 aromatic heterocycles. The molecule has 3 aromatic carbocycles. The van der Waals surface area contributed by atoms with E-state index in [2.05, 4.69) is 15.6 Å². The van der Waals surface area contributed by atoms with E-state index in [1.165, 1.54) is 38.4 Å². The number of benzene rings is 3. The van der Waals surface area contributed by atoms with Gasteiger partial charge in [0.1, 0.15) is 28.7 Å². The van der Waals surface area contributed by atoms with Crippen molar-refractivity contribution in [2.75, 3.05) is 14.2 Å². The van der Waals surface area contributed by atoms with Crippen molar-refractivity contribution in [1.82, 2.24) is 20.6 Å². The molecule has 0 radical (unpaired) electrons. The Labute approximate surface area is 262 Å². The molecule has 0 atom stereocenters. The van der Waals surface area contributed by atoms with Crippen molar-refractivity contribution in [3.63, 3.8) is 0 Å². The van der Waals surface area contributed by atoms with E-state index < -0.39 is 23.1 Å². The number of nitrogens with zero attached hydrogens (tertiary/aromatic N) is 2. The van der Waals surface area contributed by atoms with Gasteiger partial charge >= 0.3 is 0 Å². The van der Waals surface area contributed by atoms with Gasteiger partial charge in [0.05, 0.1) is 40.4 Å². The van der Waals surface area contributed by atoms with Gasteiger partial charge in [-0.05, 0) is 97.6 Å². The first kappa shape index (κ1) is 29.1. The third-order valence-corrected chi connectivity index (χ3v) is 8.52. The Morgan fingerprint density at radius 2 is 1.74 bits per heavy atom. The first-order valence-electron chi connectivity index (χ1n) is 14.7. The summed E-state index contributed by atoms with van der Waals surface area (Å²) in [6, 6.07) is 17.5. The number of hydrogen-bond acceptors (Lipinski definition) is 6. The Bertz CT molecular complexity index is 2190. The number of pyridine rings is 2. The fraction of sp³-hybridized carbons (Fsp3) is 0.167. The third-order valence-electron chi connectivity index (χ3n) is 8.52. The molecule has 46 heavy (non-hydrogen) atoms. The van der Waals surface area contributed by atoms with Crippen molar-refractivity contribution in [2.45, 2.75) is 25.3 Å². The molecule has 0 saturated heterocycles. The van der Waals surface area contributed by atoms with Crippen LogP contribution in [0.4, 0.5) is 8.78 Å². The Morgan fingerprint density at radius 3 is 2.46 bits per heavy atom. The second-order valence-electron chi connectivity index (χ2n) is 11.4. The SMILES string of the molecule is CNC(=O)c1c(-c2ccc(F)cc2)oc2ccc(-c3cc(C(=O)NC4(c5ccc6cnccc6n5)CC4)c(OC)cc3C)c(F)c12. The number of fused-ring (bicyclic) bond motifs is 2. The number of methoxy groups -OCH3 is 1. The lowest BCUT2D eigenvalue weighted by Gasteiger charge is -2.20. The average Bonchev–Trinajstić information content (AvgIpc) is 3.75. The summed E-state index contributed by atoms with van der Waals surface area (Å²) in [7, 11) is 2.91. The van der Waals surface area contributed by atoms with Crippen LogP contribution in [0.1, 0.15) is 44.8 Å². The van der Waals surface area contributed by atoms with Crippen LogP contribution in [0.15, 0.2) is 83.5 Å². The van der Waals surface area contributed by atoms with Gasteiger partial charge < -0.3 is 19.8 Å². The van der Waals surface area contributed by atoms with Crippen LogP contribution in [-0.4, -0.2) is 35.9 Å². The molecule has 0 spiro atoms. The number of furan rings is 1. The Balaban J connectivity index is 1.31. The number of carbonyl (C=O) groups excluding carboxylic acids is 2. The van der Waals surface area contributed by atoms with Crippen molar-refractivity contribution in [2.24, 2.45) is 0 Å². The van der Waals surface area contributed by atoms with E-state index >= 15 is 4.39 Å². The van der Waals surface area contributed by atoms with E-state index in [9.17, 15) is 14.0 Å². The molecule has 2 N–H and O–H groups in total. The molecule has 1 saturated carbocycles. The second-order valence-corrected chi connectivity index (χ2v) is 11.4. The van der Waals surface area contributed by atoms with E-state index in [1.54, 1.807) is 43.6 Å². The number of amides is 2. The lowest BCUT2D eigenvalue weighted by molar-refractivity contribution is 0.0925. The van der Waals surface area contributed by atoms with Gasteiger partial charge in [0.15, 0.2) is 0 Å². The molecule has 230 valence electrons. The highest BCUT2D eigenvalue weighted by Gasteiger charge is 2.47. The van der Waals surface area contributed by atoms with Gasteiger partial charge in [-0.1, -0.05) is 0 Å². The van der Waals surface area contributed by atoms with Crippen LogP contribution in [0.2, 0.25) is 0 Å². The Hall–Kier alpha value is -5.64. The van der Waals surface area contributed by atoms with Gasteiger partial charge in [0, 0.05) is 36.0 Å². The quantitative estimate of drug-likeness (QED) is 0.198. The molecule has 1 fully saturated rings. The zero-order valence-corrected chi connectivity index (χ0v) is 25.2. The van der Waals surface area contributed by atoms with Crippen LogP contribution in [0, 0.1) is 18.6 Å². The van der Waals surface area contributed by atoms with Gasteiger partial charge in [-0.15, -0.1) is 0 Å². The third kappa shape index (κ3) is 4.82. The summed E-state index contributed by atoms with van der Waals surface area (Å²) >= 11 is 0. The van der Waals surface area contributed by atoms with Crippen molar-refractivity contribution in [3.05, 3.63) is 113 Å². The summed E-state index contributed by atoms with van der Waals surface area (Å²) in [5.41, 5.74) is 2.95. The maximum absolute atomic E-state index is 16.6. The minimum absolute atomic E-state index is 0.0121. The minimum Gasteiger partial charge on any atom is -0.496 e. The number of nitrogens with one attached hydrogen (secondary N) is 2. The molecule has 0 aliphatic heterocycles. The number of halogens is 2. The van der Waals surface area contributed by atoms with Crippen LogP contribution in [0.5, 0.6) is 5.75 Å². The van der Waals surface area contributed by atoms with Crippen LogP contribution >= 0.6 is 0 Å². The molecule has 6 aromatic rings.